The molecule has 2 heterocycles. The van der Waals surface area contributed by atoms with Crippen molar-refractivity contribution in [3.05, 3.63) is 78.0 Å². The van der Waals surface area contributed by atoms with Crippen LogP contribution >= 0.6 is 0 Å². The number of imidazole rings is 1. The van der Waals surface area contributed by atoms with Crippen molar-refractivity contribution in [2.45, 2.75) is 32.1 Å². The van der Waals surface area contributed by atoms with Gasteiger partial charge in [0, 0.05) is 23.2 Å². The number of hydrogen-bond donors (Lipinski definition) is 2. The second-order valence-corrected chi connectivity index (χ2v) is 9.27. The van der Waals surface area contributed by atoms with Crippen molar-refractivity contribution in [3.63, 3.8) is 0 Å². The first-order valence-corrected chi connectivity index (χ1v) is 11.6. The number of nitrogens with one attached hydrogen (secondary N) is 2. The molecule has 9 heteroatoms. The number of nitrogens with zero attached hydrogens (tertiary/aromatic N) is 4. The summed E-state index contributed by atoms with van der Waals surface area (Å²) >= 11 is 0. The Hall–Kier alpha value is -4.71. The van der Waals surface area contributed by atoms with Crippen LogP contribution in [0.4, 0.5) is 11.5 Å². The Morgan fingerprint density at radius 3 is 2.67 bits per heavy atom. The molecule has 4 aromatic rings. The van der Waals surface area contributed by atoms with Gasteiger partial charge in [0.2, 0.25) is 11.8 Å². The fourth-order valence-corrected chi connectivity index (χ4v) is 3.63. The first-order valence-electron chi connectivity index (χ1n) is 11.6. The van der Waals surface area contributed by atoms with Crippen LogP contribution in [0.5, 0.6) is 11.6 Å². The van der Waals surface area contributed by atoms with Gasteiger partial charge >= 0.3 is 0 Å². The van der Waals surface area contributed by atoms with Crippen LogP contribution in [-0.4, -0.2) is 26.4 Å². The number of ether oxygens (including phenoxy) is 1. The van der Waals surface area contributed by atoms with Gasteiger partial charge in [-0.25, -0.2) is 9.50 Å². The van der Waals surface area contributed by atoms with Gasteiger partial charge in [0.05, 0.1) is 17.7 Å². The van der Waals surface area contributed by atoms with Gasteiger partial charge in [-0.15, -0.1) is 5.10 Å². The number of carbonyl (C=O) groups excluding carboxylic acids is 2. The largest absolute Gasteiger partial charge is 0.438 e. The van der Waals surface area contributed by atoms with Crippen molar-refractivity contribution in [1.82, 2.24) is 14.6 Å². The molecule has 36 heavy (non-hydrogen) atoms. The van der Waals surface area contributed by atoms with Crippen LogP contribution in [0, 0.1) is 17.2 Å². The third-order valence-corrected chi connectivity index (χ3v) is 5.94. The molecular formula is C27H24N6O3. The summed E-state index contributed by atoms with van der Waals surface area (Å²) in [5.74, 6) is 0.948. The van der Waals surface area contributed by atoms with E-state index in [0.717, 1.165) is 18.4 Å². The highest BCUT2D eigenvalue weighted by atomic mass is 16.5. The molecule has 0 atom stereocenters. The molecular weight excluding hydrogens is 456 g/mol. The van der Waals surface area contributed by atoms with Crippen LogP contribution in [0.3, 0.4) is 0 Å². The lowest BCUT2D eigenvalue weighted by Gasteiger charge is -2.17. The molecule has 0 aliphatic heterocycles. The molecule has 1 aliphatic carbocycles. The summed E-state index contributed by atoms with van der Waals surface area (Å²) in [6, 6.07) is 19.7. The highest BCUT2D eigenvalue weighted by molar-refractivity contribution is 6.04. The van der Waals surface area contributed by atoms with Crippen LogP contribution < -0.4 is 15.4 Å². The van der Waals surface area contributed by atoms with E-state index >= 15 is 0 Å². The average Bonchev–Trinajstić information content (AvgIpc) is 3.65. The second-order valence-electron chi connectivity index (χ2n) is 9.27. The molecule has 9 nitrogen and oxygen atoms in total. The van der Waals surface area contributed by atoms with Crippen LogP contribution in [0.25, 0.3) is 5.65 Å². The number of amides is 2. The lowest BCUT2D eigenvalue weighted by Crippen LogP contribution is -2.16. The standard InChI is InChI=1S/C27H24N6O3/c1-27(2,16-28)19-6-4-7-20(14-19)29-26(35)18-5-3-8-21(13-18)36-24-12-11-23-30-22(15-33(23)32-24)31-25(34)17-9-10-17/h3-8,11-15,17H,9-10H2,1-2H3,(H,29,35)(H,31,34). The number of aromatic nitrogens is 3. The van der Waals surface area contributed by atoms with Gasteiger partial charge in [-0.05, 0) is 68.7 Å². The maximum Gasteiger partial charge on any atom is 0.255 e. The first-order chi connectivity index (χ1) is 17.3. The molecule has 2 amide bonds. The first kappa shape index (κ1) is 23.1. The van der Waals surface area contributed by atoms with E-state index < -0.39 is 5.41 Å². The Morgan fingerprint density at radius 1 is 1.08 bits per heavy atom. The van der Waals surface area contributed by atoms with Gasteiger partial charge in [0.1, 0.15) is 5.75 Å². The van der Waals surface area contributed by atoms with E-state index in [-0.39, 0.29) is 17.7 Å². The quantitative estimate of drug-likeness (QED) is 0.387. The Kier molecular flexibility index (Phi) is 5.86. The Bertz CT molecular complexity index is 1510. The van der Waals surface area contributed by atoms with Crippen molar-refractivity contribution < 1.29 is 14.3 Å². The summed E-state index contributed by atoms with van der Waals surface area (Å²) in [4.78, 5) is 29.2. The maximum absolute atomic E-state index is 12.9. The minimum absolute atomic E-state index is 0.0227. The highest BCUT2D eigenvalue weighted by Crippen LogP contribution is 2.30. The summed E-state index contributed by atoms with van der Waals surface area (Å²) in [5, 5.41) is 19.5. The van der Waals surface area contributed by atoms with Crippen molar-refractivity contribution in [2.75, 3.05) is 10.6 Å². The molecule has 0 spiro atoms. The number of nitriles is 1. The fraction of sp³-hybridized carbons (Fsp3) is 0.222. The van der Waals surface area contributed by atoms with Gasteiger partial charge in [0.15, 0.2) is 11.5 Å². The van der Waals surface area contributed by atoms with Gasteiger partial charge in [-0.3, -0.25) is 9.59 Å². The Balaban J connectivity index is 1.29. The predicted molar refractivity (Wildman–Crippen MR) is 134 cm³/mol. The van der Waals surface area contributed by atoms with Crippen LogP contribution in [0.2, 0.25) is 0 Å². The van der Waals surface area contributed by atoms with Crippen molar-refractivity contribution in [1.29, 1.82) is 5.26 Å². The smallest absolute Gasteiger partial charge is 0.255 e. The number of benzene rings is 2. The van der Waals surface area contributed by atoms with Crippen LogP contribution in [0.1, 0.15) is 42.6 Å². The van der Waals surface area contributed by atoms with Gasteiger partial charge in [-0.2, -0.15) is 5.26 Å². The van der Waals surface area contributed by atoms with Crippen molar-refractivity contribution in [2.24, 2.45) is 5.92 Å². The van der Waals surface area contributed by atoms with E-state index in [9.17, 15) is 14.9 Å². The summed E-state index contributed by atoms with van der Waals surface area (Å²) in [6.45, 7) is 3.66. The molecule has 180 valence electrons. The van der Waals surface area contributed by atoms with E-state index in [1.165, 1.54) is 4.52 Å². The molecule has 0 radical (unpaired) electrons. The molecule has 1 aliphatic rings. The van der Waals surface area contributed by atoms with E-state index in [4.69, 9.17) is 4.74 Å². The number of anilines is 2. The molecule has 2 N–H and O–H groups in total. The summed E-state index contributed by atoms with van der Waals surface area (Å²) < 4.78 is 7.41. The third-order valence-electron chi connectivity index (χ3n) is 5.94. The summed E-state index contributed by atoms with van der Waals surface area (Å²) in [5.41, 5.74) is 1.73. The molecule has 0 bridgehead atoms. The zero-order valence-corrected chi connectivity index (χ0v) is 19.9. The van der Waals surface area contributed by atoms with Gasteiger partial charge in [-0.1, -0.05) is 18.2 Å². The molecule has 0 unspecified atom stereocenters. The highest BCUT2D eigenvalue weighted by Gasteiger charge is 2.30. The second kappa shape index (κ2) is 9.15. The van der Waals surface area contributed by atoms with Gasteiger partial charge in [0.25, 0.3) is 5.91 Å². The van der Waals surface area contributed by atoms with Crippen LogP contribution in [-0.2, 0) is 10.2 Å². The topological polar surface area (TPSA) is 121 Å². The minimum Gasteiger partial charge on any atom is -0.438 e. The normalized spacial score (nSPS) is 13.1. The van der Waals surface area contributed by atoms with E-state index in [1.54, 1.807) is 54.7 Å². The van der Waals surface area contributed by atoms with Crippen LogP contribution in [0.15, 0.2) is 66.9 Å². The van der Waals surface area contributed by atoms with E-state index in [1.807, 2.05) is 26.0 Å². The Labute approximate surface area is 207 Å². The van der Waals surface area contributed by atoms with Crippen molar-refractivity contribution >= 4 is 29.0 Å². The maximum atomic E-state index is 12.9. The molecule has 5 rings (SSSR count). The molecule has 1 saturated carbocycles. The lowest BCUT2D eigenvalue weighted by molar-refractivity contribution is -0.117. The monoisotopic (exact) mass is 480 g/mol. The average molecular weight is 481 g/mol. The number of fused-ring (bicyclic) bond motifs is 1. The number of rotatable bonds is 7. The van der Waals surface area contributed by atoms with E-state index in [0.29, 0.717) is 34.3 Å². The lowest BCUT2D eigenvalue weighted by atomic mass is 9.86. The number of carbonyl (C=O) groups is 2. The number of hydrogen-bond acceptors (Lipinski definition) is 6. The fourth-order valence-electron chi connectivity index (χ4n) is 3.63. The minimum atomic E-state index is -0.665. The molecule has 2 aromatic carbocycles. The zero-order chi connectivity index (χ0) is 25.3. The van der Waals surface area contributed by atoms with E-state index in [2.05, 4.69) is 26.8 Å². The molecule has 0 saturated heterocycles. The zero-order valence-electron chi connectivity index (χ0n) is 19.9. The predicted octanol–water partition coefficient (Wildman–Crippen LogP) is 4.92. The molecule has 1 fully saturated rings. The summed E-state index contributed by atoms with van der Waals surface area (Å²) in [7, 11) is 0. The summed E-state index contributed by atoms with van der Waals surface area (Å²) in [6.07, 6.45) is 3.46. The Morgan fingerprint density at radius 2 is 1.89 bits per heavy atom. The third kappa shape index (κ3) is 5.03. The SMILES string of the molecule is CC(C)(C#N)c1cccc(NC(=O)c2cccc(Oc3ccc4nc(NC(=O)C5CC5)cn4n3)c2)c1. The van der Waals surface area contributed by atoms with Gasteiger partial charge < -0.3 is 15.4 Å². The van der Waals surface area contributed by atoms with Crippen molar-refractivity contribution in [3.8, 4) is 17.7 Å². The molecule has 2 aromatic heterocycles.